The minimum absolute atomic E-state index is 0.151. The number of rotatable bonds is 3. The van der Waals surface area contributed by atoms with Gasteiger partial charge in [-0.25, -0.2) is 4.39 Å². The van der Waals surface area contributed by atoms with Gasteiger partial charge in [0.15, 0.2) is 0 Å². The second-order valence-electron chi connectivity index (χ2n) is 5.57. The number of nitrogens with zero attached hydrogens (tertiary/aromatic N) is 2. The van der Waals surface area contributed by atoms with Gasteiger partial charge in [0.1, 0.15) is 5.82 Å². The van der Waals surface area contributed by atoms with Crippen LogP contribution in [-0.2, 0) is 6.54 Å². The van der Waals surface area contributed by atoms with Crippen molar-refractivity contribution in [2.45, 2.75) is 6.54 Å². The summed E-state index contributed by atoms with van der Waals surface area (Å²) < 4.78 is 13.8. The number of piperazine rings is 1. The highest BCUT2D eigenvalue weighted by molar-refractivity contribution is 6.33. The summed E-state index contributed by atoms with van der Waals surface area (Å²) in [7, 11) is 0. The summed E-state index contributed by atoms with van der Waals surface area (Å²) in [5, 5.41) is 0.591. The Balaban J connectivity index is 1.60. The molecule has 0 amide bonds. The summed E-state index contributed by atoms with van der Waals surface area (Å²) in [6.07, 6.45) is 0. The zero-order valence-electron chi connectivity index (χ0n) is 12.3. The van der Waals surface area contributed by atoms with Crippen LogP contribution in [0, 0.1) is 5.82 Å². The van der Waals surface area contributed by atoms with Crippen molar-refractivity contribution in [2.75, 3.05) is 36.8 Å². The van der Waals surface area contributed by atoms with Crippen LogP contribution in [0.5, 0.6) is 0 Å². The standard InChI is InChI=1S/C17H19ClFN3/c18-14-6-5-13(11-16(14)20)12-21-7-9-22(10-8-21)17-4-2-1-3-15(17)19/h1-6,11H,7-10,12,20H2. The number of nitrogens with two attached hydrogens (primary N) is 1. The van der Waals surface area contributed by atoms with Gasteiger partial charge in [-0.15, -0.1) is 0 Å². The maximum Gasteiger partial charge on any atom is 0.146 e. The van der Waals surface area contributed by atoms with Gasteiger partial charge in [0.25, 0.3) is 0 Å². The van der Waals surface area contributed by atoms with Crippen LogP contribution < -0.4 is 10.6 Å². The lowest BCUT2D eigenvalue weighted by molar-refractivity contribution is 0.249. The van der Waals surface area contributed by atoms with Gasteiger partial charge in [-0.05, 0) is 29.8 Å². The van der Waals surface area contributed by atoms with Gasteiger partial charge in [0.2, 0.25) is 0 Å². The van der Waals surface area contributed by atoms with Crippen LogP contribution in [-0.4, -0.2) is 31.1 Å². The van der Waals surface area contributed by atoms with E-state index in [1.807, 2.05) is 30.3 Å². The number of anilines is 2. The average Bonchev–Trinajstić information content (AvgIpc) is 2.52. The van der Waals surface area contributed by atoms with Gasteiger partial charge in [0.05, 0.1) is 16.4 Å². The fourth-order valence-electron chi connectivity index (χ4n) is 2.80. The number of para-hydroxylation sites is 1. The molecule has 116 valence electrons. The largest absolute Gasteiger partial charge is 0.398 e. The summed E-state index contributed by atoms with van der Waals surface area (Å²) in [5.41, 5.74) is 8.30. The molecule has 1 heterocycles. The van der Waals surface area contributed by atoms with Crippen LogP contribution in [0.25, 0.3) is 0 Å². The lowest BCUT2D eigenvalue weighted by atomic mass is 10.1. The molecule has 0 aliphatic carbocycles. The maximum absolute atomic E-state index is 13.8. The molecule has 5 heteroatoms. The van der Waals surface area contributed by atoms with Crippen LogP contribution in [0.3, 0.4) is 0 Å². The van der Waals surface area contributed by atoms with Crippen molar-refractivity contribution in [1.29, 1.82) is 0 Å². The zero-order valence-corrected chi connectivity index (χ0v) is 13.1. The number of hydrogen-bond acceptors (Lipinski definition) is 3. The predicted molar refractivity (Wildman–Crippen MR) is 89.8 cm³/mol. The molecular formula is C17H19ClFN3. The van der Waals surface area contributed by atoms with Crippen LogP contribution in [0.15, 0.2) is 42.5 Å². The maximum atomic E-state index is 13.8. The van der Waals surface area contributed by atoms with Crippen molar-refractivity contribution in [1.82, 2.24) is 4.90 Å². The third-order valence-corrected chi connectivity index (χ3v) is 4.38. The Kier molecular flexibility index (Phi) is 4.50. The Morgan fingerprint density at radius 3 is 2.45 bits per heavy atom. The molecule has 3 nitrogen and oxygen atoms in total. The van der Waals surface area contributed by atoms with E-state index in [0.717, 1.165) is 38.3 Å². The first-order valence-electron chi connectivity index (χ1n) is 7.39. The molecule has 2 aromatic rings. The first kappa shape index (κ1) is 15.1. The van der Waals surface area contributed by atoms with Crippen LogP contribution in [0.1, 0.15) is 5.56 Å². The van der Waals surface area contributed by atoms with E-state index in [9.17, 15) is 4.39 Å². The Morgan fingerprint density at radius 2 is 1.77 bits per heavy atom. The first-order valence-corrected chi connectivity index (χ1v) is 7.77. The fraction of sp³-hybridized carbons (Fsp3) is 0.294. The minimum atomic E-state index is -0.151. The van der Waals surface area contributed by atoms with Crippen LogP contribution >= 0.6 is 11.6 Å². The monoisotopic (exact) mass is 319 g/mol. The van der Waals surface area contributed by atoms with E-state index in [0.29, 0.717) is 16.4 Å². The molecule has 0 spiro atoms. The number of hydrogen-bond donors (Lipinski definition) is 1. The predicted octanol–water partition coefficient (Wildman–Crippen LogP) is 3.38. The normalized spacial score (nSPS) is 16.0. The first-order chi connectivity index (χ1) is 10.6. The summed E-state index contributed by atoms with van der Waals surface area (Å²) >= 11 is 5.94. The molecule has 22 heavy (non-hydrogen) atoms. The van der Waals surface area contributed by atoms with Crippen LogP contribution in [0.2, 0.25) is 5.02 Å². The smallest absolute Gasteiger partial charge is 0.146 e. The minimum Gasteiger partial charge on any atom is -0.398 e. The van der Waals surface area contributed by atoms with Crippen molar-refractivity contribution in [2.24, 2.45) is 0 Å². The van der Waals surface area contributed by atoms with E-state index in [4.69, 9.17) is 17.3 Å². The Morgan fingerprint density at radius 1 is 1.05 bits per heavy atom. The Bertz CT molecular complexity index is 654. The molecular weight excluding hydrogens is 301 g/mol. The van der Waals surface area contributed by atoms with E-state index in [1.54, 1.807) is 6.07 Å². The fourth-order valence-corrected chi connectivity index (χ4v) is 2.92. The molecule has 2 aromatic carbocycles. The SMILES string of the molecule is Nc1cc(CN2CCN(c3ccccc3F)CC2)ccc1Cl. The molecule has 0 radical (unpaired) electrons. The van der Waals surface area contributed by atoms with Gasteiger partial charge in [-0.3, -0.25) is 4.90 Å². The molecule has 1 fully saturated rings. The van der Waals surface area contributed by atoms with Gasteiger partial charge in [-0.2, -0.15) is 0 Å². The van der Waals surface area contributed by atoms with Gasteiger partial charge >= 0.3 is 0 Å². The second-order valence-corrected chi connectivity index (χ2v) is 5.98. The van der Waals surface area contributed by atoms with Crippen molar-refractivity contribution >= 4 is 23.0 Å². The zero-order chi connectivity index (χ0) is 15.5. The highest BCUT2D eigenvalue weighted by Gasteiger charge is 2.19. The van der Waals surface area contributed by atoms with E-state index in [2.05, 4.69) is 9.80 Å². The van der Waals surface area contributed by atoms with Gasteiger partial charge < -0.3 is 10.6 Å². The summed E-state index contributed by atoms with van der Waals surface area (Å²) in [6, 6.07) is 12.7. The highest BCUT2D eigenvalue weighted by Crippen LogP contribution is 2.23. The van der Waals surface area contributed by atoms with Gasteiger partial charge in [0, 0.05) is 32.7 Å². The molecule has 1 aliphatic rings. The molecule has 1 saturated heterocycles. The molecule has 3 rings (SSSR count). The third kappa shape index (κ3) is 3.34. The second kappa shape index (κ2) is 6.55. The van der Waals surface area contributed by atoms with Crippen molar-refractivity contribution in [3.8, 4) is 0 Å². The topological polar surface area (TPSA) is 32.5 Å². The van der Waals surface area contributed by atoms with Crippen molar-refractivity contribution in [3.63, 3.8) is 0 Å². The lowest BCUT2D eigenvalue weighted by Gasteiger charge is -2.36. The molecule has 2 N–H and O–H groups in total. The average molecular weight is 320 g/mol. The Labute approximate surface area is 135 Å². The molecule has 0 aromatic heterocycles. The third-order valence-electron chi connectivity index (χ3n) is 4.03. The van der Waals surface area contributed by atoms with E-state index < -0.39 is 0 Å². The molecule has 0 bridgehead atoms. The molecule has 0 atom stereocenters. The molecule has 1 aliphatic heterocycles. The van der Waals surface area contributed by atoms with E-state index in [-0.39, 0.29) is 5.82 Å². The number of halogens is 2. The van der Waals surface area contributed by atoms with Crippen molar-refractivity contribution < 1.29 is 4.39 Å². The van der Waals surface area contributed by atoms with Gasteiger partial charge in [-0.1, -0.05) is 29.8 Å². The number of nitrogen functional groups attached to an aromatic ring is 1. The summed E-state index contributed by atoms with van der Waals surface area (Å²) in [5.74, 6) is -0.151. The van der Waals surface area contributed by atoms with E-state index >= 15 is 0 Å². The summed E-state index contributed by atoms with van der Waals surface area (Å²) in [6.45, 7) is 4.29. The van der Waals surface area contributed by atoms with E-state index in [1.165, 1.54) is 6.07 Å². The summed E-state index contributed by atoms with van der Waals surface area (Å²) in [4.78, 5) is 4.45. The van der Waals surface area contributed by atoms with Crippen molar-refractivity contribution in [3.05, 3.63) is 58.9 Å². The Hall–Kier alpha value is -1.78. The number of benzene rings is 2. The molecule has 0 saturated carbocycles. The quantitative estimate of drug-likeness (QED) is 0.880. The highest BCUT2D eigenvalue weighted by atomic mass is 35.5. The lowest BCUT2D eigenvalue weighted by Crippen LogP contribution is -2.46. The molecule has 0 unspecified atom stereocenters. The van der Waals surface area contributed by atoms with Crippen LogP contribution in [0.4, 0.5) is 15.8 Å².